The van der Waals surface area contributed by atoms with Crippen LogP contribution in [-0.4, -0.2) is 63.8 Å². The Kier molecular flexibility index (Phi) is 8.79. The van der Waals surface area contributed by atoms with Gasteiger partial charge in [0.1, 0.15) is 0 Å². The van der Waals surface area contributed by atoms with Crippen LogP contribution in [0.4, 0.5) is 0 Å². The van der Waals surface area contributed by atoms with Gasteiger partial charge >= 0.3 is 0 Å². The van der Waals surface area contributed by atoms with Crippen LogP contribution >= 0.6 is 0 Å². The molecule has 0 saturated heterocycles. The van der Waals surface area contributed by atoms with Crippen molar-refractivity contribution >= 4 is 5.96 Å². The number of rotatable bonds is 10. The fourth-order valence-electron chi connectivity index (χ4n) is 3.22. The second-order valence-electron chi connectivity index (χ2n) is 6.47. The van der Waals surface area contributed by atoms with E-state index in [1.165, 1.54) is 19.3 Å². The topological polar surface area (TPSA) is 48.9 Å². The Bertz CT molecular complexity index is 325. The summed E-state index contributed by atoms with van der Waals surface area (Å²) in [6, 6.07) is 0.514. The summed E-state index contributed by atoms with van der Waals surface area (Å²) < 4.78 is 5.26. The molecule has 1 rings (SSSR count). The molecule has 5 heteroatoms. The van der Waals surface area contributed by atoms with Gasteiger partial charge in [0, 0.05) is 39.9 Å². The number of ether oxygens (including phenoxy) is 1. The quantitative estimate of drug-likeness (QED) is 0.479. The highest BCUT2D eigenvalue weighted by Gasteiger charge is 2.36. The number of likely N-dealkylation sites (N-methyl/N-ethyl adjacent to an activating group) is 1. The average Bonchev–Trinajstić information content (AvgIpc) is 2.49. The van der Waals surface area contributed by atoms with Crippen molar-refractivity contribution < 1.29 is 4.74 Å². The molecule has 1 saturated carbocycles. The number of nitrogens with one attached hydrogen (secondary N) is 2. The number of methoxy groups -OCH3 is 1. The molecule has 0 bridgehead atoms. The van der Waals surface area contributed by atoms with E-state index in [1.807, 2.05) is 7.05 Å². The lowest BCUT2D eigenvalue weighted by molar-refractivity contribution is 0.0732. The highest BCUT2D eigenvalue weighted by molar-refractivity contribution is 5.79. The van der Waals surface area contributed by atoms with Gasteiger partial charge in [-0.1, -0.05) is 20.3 Å². The Morgan fingerprint density at radius 3 is 2.41 bits per heavy atom. The fraction of sp³-hybridized carbons (Fsp3) is 0.941. The summed E-state index contributed by atoms with van der Waals surface area (Å²) in [6.45, 7) is 11.6. The van der Waals surface area contributed by atoms with Gasteiger partial charge in [0.2, 0.25) is 0 Å². The number of guanidine groups is 1. The van der Waals surface area contributed by atoms with E-state index in [2.05, 4.69) is 41.3 Å². The summed E-state index contributed by atoms with van der Waals surface area (Å²) in [5.74, 6) is 0.919. The van der Waals surface area contributed by atoms with Crippen LogP contribution in [0.25, 0.3) is 0 Å². The predicted molar refractivity (Wildman–Crippen MR) is 94.5 cm³/mol. The van der Waals surface area contributed by atoms with E-state index in [9.17, 15) is 0 Å². The first kappa shape index (κ1) is 19.2. The van der Waals surface area contributed by atoms with Crippen LogP contribution in [0.2, 0.25) is 0 Å². The van der Waals surface area contributed by atoms with Crippen LogP contribution in [0.1, 0.15) is 46.5 Å². The summed E-state index contributed by atoms with van der Waals surface area (Å²) >= 11 is 0. The number of hydrogen-bond donors (Lipinski definition) is 2. The molecule has 0 radical (unpaired) electrons. The molecule has 0 spiro atoms. The van der Waals surface area contributed by atoms with Crippen molar-refractivity contribution in [1.82, 2.24) is 15.5 Å². The van der Waals surface area contributed by atoms with Crippen LogP contribution < -0.4 is 10.6 Å². The SMILES string of the molecule is CCN(CC)C(C)CNC(=NC)NCC1(CCOC)CCC1. The van der Waals surface area contributed by atoms with Crippen LogP contribution in [-0.2, 0) is 4.74 Å². The number of aliphatic imine (C=N–C) groups is 1. The first-order valence-corrected chi connectivity index (χ1v) is 8.78. The predicted octanol–water partition coefficient (Wildman–Crippen LogP) is 2.09. The standard InChI is InChI=1S/C17H36N4O/c1-6-21(7-2)15(3)13-19-16(18-4)20-14-17(9-8-10-17)11-12-22-5/h15H,6-14H2,1-5H3,(H2,18,19,20). The van der Waals surface area contributed by atoms with Crippen LogP contribution in [0, 0.1) is 5.41 Å². The first-order valence-electron chi connectivity index (χ1n) is 8.78. The highest BCUT2D eigenvalue weighted by Crippen LogP contribution is 2.43. The molecule has 5 nitrogen and oxygen atoms in total. The Labute approximate surface area is 136 Å². The molecule has 2 N–H and O–H groups in total. The number of hydrogen-bond acceptors (Lipinski definition) is 3. The molecule has 1 aliphatic carbocycles. The normalized spacial score (nSPS) is 18.9. The minimum Gasteiger partial charge on any atom is -0.385 e. The van der Waals surface area contributed by atoms with E-state index in [0.29, 0.717) is 11.5 Å². The maximum absolute atomic E-state index is 5.26. The van der Waals surface area contributed by atoms with Crippen molar-refractivity contribution in [2.24, 2.45) is 10.4 Å². The summed E-state index contributed by atoms with van der Waals surface area (Å²) in [4.78, 5) is 6.81. The zero-order valence-corrected chi connectivity index (χ0v) is 15.2. The van der Waals surface area contributed by atoms with E-state index < -0.39 is 0 Å². The van der Waals surface area contributed by atoms with Crippen molar-refractivity contribution in [3.8, 4) is 0 Å². The molecule has 0 heterocycles. The molecule has 1 atom stereocenters. The Hall–Kier alpha value is -0.810. The third-order valence-corrected chi connectivity index (χ3v) is 5.11. The minimum atomic E-state index is 0.415. The molecule has 130 valence electrons. The van der Waals surface area contributed by atoms with Gasteiger partial charge in [0.15, 0.2) is 5.96 Å². The minimum absolute atomic E-state index is 0.415. The zero-order valence-electron chi connectivity index (χ0n) is 15.2. The third-order valence-electron chi connectivity index (χ3n) is 5.11. The molecule has 0 aromatic carbocycles. The monoisotopic (exact) mass is 312 g/mol. The van der Waals surface area contributed by atoms with E-state index in [-0.39, 0.29) is 0 Å². The summed E-state index contributed by atoms with van der Waals surface area (Å²) in [5.41, 5.74) is 0.415. The lowest BCUT2D eigenvalue weighted by Gasteiger charge is -2.42. The molecule has 0 aliphatic heterocycles. The second kappa shape index (κ2) is 10.1. The molecule has 0 aromatic rings. The lowest BCUT2D eigenvalue weighted by atomic mass is 9.67. The van der Waals surface area contributed by atoms with Gasteiger partial charge in [-0.25, -0.2) is 0 Å². The molecule has 0 amide bonds. The van der Waals surface area contributed by atoms with Gasteiger partial charge < -0.3 is 15.4 Å². The maximum Gasteiger partial charge on any atom is 0.191 e. The highest BCUT2D eigenvalue weighted by atomic mass is 16.5. The van der Waals surface area contributed by atoms with Crippen molar-refractivity contribution in [1.29, 1.82) is 0 Å². The molecular formula is C17H36N4O. The second-order valence-corrected chi connectivity index (χ2v) is 6.47. The smallest absolute Gasteiger partial charge is 0.191 e. The summed E-state index contributed by atoms with van der Waals surface area (Å²) in [6.07, 6.45) is 5.09. The Balaban J connectivity index is 2.36. The van der Waals surface area contributed by atoms with Crippen LogP contribution in [0.3, 0.4) is 0 Å². The summed E-state index contributed by atoms with van der Waals surface area (Å²) in [7, 11) is 3.63. The van der Waals surface area contributed by atoms with Gasteiger partial charge in [0.05, 0.1) is 0 Å². The fourth-order valence-corrected chi connectivity index (χ4v) is 3.22. The van der Waals surface area contributed by atoms with E-state index in [1.54, 1.807) is 7.11 Å². The van der Waals surface area contributed by atoms with Crippen molar-refractivity contribution in [2.45, 2.75) is 52.5 Å². The average molecular weight is 313 g/mol. The first-order chi connectivity index (χ1) is 10.6. The van der Waals surface area contributed by atoms with Gasteiger partial charge in [-0.2, -0.15) is 0 Å². The molecule has 1 aliphatic rings. The zero-order chi connectivity index (χ0) is 16.4. The largest absolute Gasteiger partial charge is 0.385 e. The number of nitrogens with zero attached hydrogens (tertiary/aromatic N) is 2. The Morgan fingerprint density at radius 1 is 1.27 bits per heavy atom. The van der Waals surface area contributed by atoms with E-state index in [4.69, 9.17) is 4.74 Å². The molecular weight excluding hydrogens is 276 g/mol. The lowest BCUT2D eigenvalue weighted by Crippen LogP contribution is -2.49. The summed E-state index contributed by atoms with van der Waals surface area (Å²) in [5, 5.41) is 6.98. The van der Waals surface area contributed by atoms with Crippen molar-refractivity contribution in [2.75, 3.05) is 46.9 Å². The molecule has 1 unspecified atom stereocenters. The van der Waals surface area contributed by atoms with Gasteiger partial charge in [0.25, 0.3) is 0 Å². The molecule has 22 heavy (non-hydrogen) atoms. The van der Waals surface area contributed by atoms with Gasteiger partial charge in [-0.3, -0.25) is 9.89 Å². The van der Waals surface area contributed by atoms with Crippen molar-refractivity contribution in [3.05, 3.63) is 0 Å². The molecule has 1 fully saturated rings. The van der Waals surface area contributed by atoms with Crippen molar-refractivity contribution in [3.63, 3.8) is 0 Å². The molecule has 0 aromatic heterocycles. The maximum atomic E-state index is 5.26. The van der Waals surface area contributed by atoms with Crippen LogP contribution in [0.15, 0.2) is 4.99 Å². The van der Waals surface area contributed by atoms with Crippen LogP contribution in [0.5, 0.6) is 0 Å². The van der Waals surface area contributed by atoms with E-state index >= 15 is 0 Å². The van der Waals surface area contributed by atoms with Gasteiger partial charge in [-0.05, 0) is 44.7 Å². The Morgan fingerprint density at radius 2 is 1.95 bits per heavy atom. The van der Waals surface area contributed by atoms with E-state index in [0.717, 1.165) is 45.2 Å². The third kappa shape index (κ3) is 5.76. The van der Waals surface area contributed by atoms with Gasteiger partial charge in [-0.15, -0.1) is 0 Å².